The third-order valence-corrected chi connectivity index (χ3v) is 3.33. The van der Waals surface area contributed by atoms with Crippen LogP contribution in [0, 0.1) is 11.6 Å². The van der Waals surface area contributed by atoms with Crippen LogP contribution in [-0.2, 0) is 6.54 Å². The molecule has 3 rings (SSSR count). The highest BCUT2D eigenvalue weighted by molar-refractivity contribution is 5.40. The fraction of sp³-hybridized carbons (Fsp3) is 0.353. The first-order valence-electron chi connectivity index (χ1n) is 7.59. The molecule has 0 aliphatic heterocycles. The maximum absolute atomic E-state index is 12.2. The standard InChI is InChI=1S/C6H5F2N.C6H8N2.C5H11N/c7-4-2-1-3-5(8)6(4)9;7-5-6-3-1-2-4-8-6;6-5-3-1-2-4-5/h1-3H,9H2;1-4H,5,7H2;5H,1-4,6H2. The SMILES string of the molecule is NC1CCCC1.NCc1ccccn1.Nc1c(F)cccc1F. The van der Waals surface area contributed by atoms with E-state index in [0.29, 0.717) is 12.6 Å². The molecule has 23 heavy (non-hydrogen) atoms. The number of nitrogens with zero attached hydrogens (tertiary/aromatic N) is 1. The Kier molecular flexibility index (Phi) is 8.79. The summed E-state index contributed by atoms with van der Waals surface area (Å²) in [6.07, 6.45) is 6.99. The molecule has 1 fully saturated rings. The highest BCUT2D eigenvalue weighted by atomic mass is 19.1. The van der Waals surface area contributed by atoms with Gasteiger partial charge in [-0.25, -0.2) is 8.78 Å². The van der Waals surface area contributed by atoms with Crippen LogP contribution < -0.4 is 17.2 Å². The zero-order valence-corrected chi connectivity index (χ0v) is 13.1. The molecule has 126 valence electrons. The number of nitrogen functional groups attached to an aromatic ring is 1. The maximum Gasteiger partial charge on any atom is 0.149 e. The minimum Gasteiger partial charge on any atom is -0.394 e. The van der Waals surface area contributed by atoms with Gasteiger partial charge in [0.05, 0.1) is 5.69 Å². The Balaban J connectivity index is 0.000000176. The van der Waals surface area contributed by atoms with E-state index in [1.165, 1.54) is 31.7 Å². The van der Waals surface area contributed by atoms with E-state index in [9.17, 15) is 8.78 Å². The third kappa shape index (κ3) is 7.67. The second kappa shape index (κ2) is 10.6. The van der Waals surface area contributed by atoms with Crippen molar-refractivity contribution in [2.45, 2.75) is 38.3 Å². The molecule has 0 bridgehead atoms. The number of aromatic nitrogens is 1. The van der Waals surface area contributed by atoms with Gasteiger partial charge in [0.15, 0.2) is 0 Å². The first-order valence-corrected chi connectivity index (χ1v) is 7.59. The topological polar surface area (TPSA) is 91.0 Å². The lowest BCUT2D eigenvalue weighted by atomic mass is 10.3. The highest BCUT2D eigenvalue weighted by Gasteiger charge is 2.07. The van der Waals surface area contributed by atoms with Crippen molar-refractivity contribution in [3.05, 3.63) is 59.9 Å². The molecule has 0 saturated heterocycles. The molecule has 0 amide bonds. The summed E-state index contributed by atoms with van der Waals surface area (Å²) >= 11 is 0. The van der Waals surface area contributed by atoms with Crippen LogP contribution in [0.3, 0.4) is 0 Å². The van der Waals surface area contributed by atoms with E-state index in [1.54, 1.807) is 6.20 Å². The van der Waals surface area contributed by atoms with Gasteiger partial charge >= 0.3 is 0 Å². The Hall–Kier alpha value is -2.05. The van der Waals surface area contributed by atoms with Crippen molar-refractivity contribution < 1.29 is 8.78 Å². The van der Waals surface area contributed by atoms with Crippen molar-refractivity contribution >= 4 is 5.69 Å². The number of hydrogen-bond donors (Lipinski definition) is 3. The molecule has 6 N–H and O–H groups in total. The minimum absolute atomic E-state index is 0.419. The fourth-order valence-corrected chi connectivity index (χ4v) is 1.99. The molecule has 0 spiro atoms. The predicted molar refractivity (Wildman–Crippen MR) is 89.3 cm³/mol. The molecule has 0 atom stereocenters. The molecular weight excluding hydrogens is 298 g/mol. The summed E-state index contributed by atoms with van der Waals surface area (Å²) in [4.78, 5) is 3.97. The Labute approximate surface area is 135 Å². The van der Waals surface area contributed by atoms with Crippen LogP contribution in [0.5, 0.6) is 0 Å². The van der Waals surface area contributed by atoms with Gasteiger partial charge in [0.25, 0.3) is 0 Å². The van der Waals surface area contributed by atoms with Crippen molar-refractivity contribution in [2.24, 2.45) is 11.5 Å². The van der Waals surface area contributed by atoms with E-state index in [0.717, 1.165) is 17.8 Å². The zero-order chi connectivity index (χ0) is 17.1. The predicted octanol–water partition coefficient (Wildman–Crippen LogP) is 2.98. The molecule has 1 saturated carbocycles. The summed E-state index contributed by atoms with van der Waals surface area (Å²) in [7, 11) is 0. The summed E-state index contributed by atoms with van der Waals surface area (Å²) in [6, 6.07) is 9.73. The third-order valence-electron chi connectivity index (χ3n) is 3.33. The molecule has 1 aromatic carbocycles. The van der Waals surface area contributed by atoms with Crippen LogP contribution in [0.25, 0.3) is 0 Å². The van der Waals surface area contributed by atoms with E-state index in [-0.39, 0.29) is 0 Å². The average molecular weight is 322 g/mol. The number of para-hydroxylation sites is 1. The first kappa shape index (κ1) is 19.0. The molecular formula is C17H24F2N4. The lowest BCUT2D eigenvalue weighted by molar-refractivity contribution is 0.592. The molecule has 1 heterocycles. The monoisotopic (exact) mass is 322 g/mol. The van der Waals surface area contributed by atoms with E-state index in [2.05, 4.69) is 4.98 Å². The number of benzene rings is 1. The van der Waals surface area contributed by atoms with Gasteiger partial charge in [-0.15, -0.1) is 0 Å². The second-order valence-corrected chi connectivity index (χ2v) is 5.21. The summed E-state index contributed by atoms with van der Waals surface area (Å²) in [5, 5.41) is 0. The molecule has 6 heteroatoms. The molecule has 0 radical (unpaired) electrons. The lowest BCUT2D eigenvalue weighted by Crippen LogP contribution is -2.13. The van der Waals surface area contributed by atoms with Gasteiger partial charge in [0.1, 0.15) is 17.3 Å². The molecule has 2 aromatic rings. The van der Waals surface area contributed by atoms with Crippen LogP contribution in [0.4, 0.5) is 14.5 Å². The molecule has 1 aliphatic rings. The first-order chi connectivity index (χ1) is 11.0. The van der Waals surface area contributed by atoms with Crippen LogP contribution in [0.15, 0.2) is 42.6 Å². The normalized spacial score (nSPS) is 13.6. The lowest BCUT2D eigenvalue weighted by Gasteiger charge is -1.94. The highest BCUT2D eigenvalue weighted by Crippen LogP contribution is 2.14. The van der Waals surface area contributed by atoms with Crippen molar-refractivity contribution in [1.29, 1.82) is 0 Å². The molecule has 4 nitrogen and oxygen atoms in total. The van der Waals surface area contributed by atoms with Gasteiger partial charge in [-0.1, -0.05) is 25.0 Å². The summed E-state index contributed by atoms with van der Waals surface area (Å²) in [5.74, 6) is -1.43. The quantitative estimate of drug-likeness (QED) is 0.704. The van der Waals surface area contributed by atoms with E-state index >= 15 is 0 Å². The van der Waals surface area contributed by atoms with Crippen LogP contribution in [0.1, 0.15) is 31.4 Å². The van der Waals surface area contributed by atoms with Gasteiger partial charge in [-0.05, 0) is 37.1 Å². The van der Waals surface area contributed by atoms with Crippen molar-refractivity contribution in [1.82, 2.24) is 4.98 Å². The van der Waals surface area contributed by atoms with Crippen LogP contribution in [0.2, 0.25) is 0 Å². The Bertz CT molecular complexity index is 538. The van der Waals surface area contributed by atoms with Gasteiger partial charge in [-0.3, -0.25) is 4.98 Å². The Morgan fingerprint density at radius 3 is 1.91 bits per heavy atom. The number of rotatable bonds is 1. The van der Waals surface area contributed by atoms with Gasteiger partial charge in [0.2, 0.25) is 0 Å². The molecule has 1 aliphatic carbocycles. The van der Waals surface area contributed by atoms with Crippen molar-refractivity contribution in [3.8, 4) is 0 Å². The van der Waals surface area contributed by atoms with Crippen molar-refractivity contribution in [2.75, 3.05) is 5.73 Å². The second-order valence-electron chi connectivity index (χ2n) is 5.21. The average Bonchev–Trinajstić information content (AvgIpc) is 3.05. The number of pyridine rings is 1. The molecule has 1 aromatic heterocycles. The fourth-order valence-electron chi connectivity index (χ4n) is 1.99. The van der Waals surface area contributed by atoms with Crippen LogP contribution >= 0.6 is 0 Å². The number of nitrogens with two attached hydrogens (primary N) is 3. The molecule has 0 unspecified atom stereocenters. The summed E-state index contributed by atoms with van der Waals surface area (Å²) < 4.78 is 24.4. The number of hydrogen-bond acceptors (Lipinski definition) is 4. The minimum atomic E-state index is -0.713. The van der Waals surface area contributed by atoms with Gasteiger partial charge < -0.3 is 17.2 Å². The van der Waals surface area contributed by atoms with Gasteiger partial charge in [0, 0.05) is 18.8 Å². The largest absolute Gasteiger partial charge is 0.394 e. The Morgan fingerprint density at radius 2 is 1.61 bits per heavy atom. The number of halogens is 2. The van der Waals surface area contributed by atoms with E-state index < -0.39 is 17.3 Å². The summed E-state index contributed by atoms with van der Waals surface area (Å²) in [6.45, 7) is 0.529. The smallest absolute Gasteiger partial charge is 0.149 e. The Morgan fingerprint density at radius 1 is 1.00 bits per heavy atom. The maximum atomic E-state index is 12.2. The van der Waals surface area contributed by atoms with Crippen molar-refractivity contribution in [3.63, 3.8) is 0 Å². The summed E-state index contributed by atoms with van der Waals surface area (Å²) in [5.41, 5.74) is 16.3. The number of anilines is 1. The van der Waals surface area contributed by atoms with Gasteiger partial charge in [-0.2, -0.15) is 0 Å². The van der Waals surface area contributed by atoms with E-state index in [4.69, 9.17) is 17.2 Å². The van der Waals surface area contributed by atoms with Crippen LogP contribution in [-0.4, -0.2) is 11.0 Å². The van der Waals surface area contributed by atoms with E-state index in [1.807, 2.05) is 18.2 Å². The zero-order valence-electron chi connectivity index (χ0n) is 13.1.